The van der Waals surface area contributed by atoms with Gasteiger partial charge < -0.3 is 14.1 Å². The summed E-state index contributed by atoms with van der Waals surface area (Å²) in [5.41, 5.74) is 3.61. The van der Waals surface area contributed by atoms with Crippen LogP contribution in [0.15, 0.2) is 75.9 Å². The fourth-order valence-corrected chi connectivity index (χ4v) is 4.95. The molecule has 0 saturated heterocycles. The Balaban J connectivity index is 1.60. The van der Waals surface area contributed by atoms with E-state index in [4.69, 9.17) is 20.8 Å². The van der Waals surface area contributed by atoms with Gasteiger partial charge in [-0.15, -0.1) is 0 Å². The van der Waals surface area contributed by atoms with Crippen molar-refractivity contribution in [1.82, 2.24) is 4.90 Å². The maximum absolute atomic E-state index is 13.7. The molecule has 3 aromatic carbocycles. The molecule has 0 radical (unpaired) electrons. The number of hydrogen-bond donors (Lipinski definition) is 0. The molecule has 36 heavy (non-hydrogen) atoms. The van der Waals surface area contributed by atoms with Gasteiger partial charge in [-0.2, -0.15) is 0 Å². The zero-order valence-corrected chi connectivity index (χ0v) is 21.6. The van der Waals surface area contributed by atoms with Crippen molar-refractivity contribution in [2.24, 2.45) is 0 Å². The lowest BCUT2D eigenvalue weighted by Crippen LogP contribution is -2.31. The van der Waals surface area contributed by atoms with Gasteiger partial charge in [-0.3, -0.25) is 9.59 Å². The quantitative estimate of drug-likeness (QED) is 0.311. The molecule has 2 heterocycles. The topological polar surface area (TPSA) is 59.8 Å². The third-order valence-corrected chi connectivity index (χ3v) is 7.06. The summed E-state index contributed by atoms with van der Waals surface area (Å²) < 4.78 is 11.3. The molecule has 184 valence electrons. The van der Waals surface area contributed by atoms with E-state index in [-0.39, 0.29) is 22.5 Å². The van der Waals surface area contributed by atoms with Crippen LogP contribution in [0.1, 0.15) is 59.6 Å². The van der Waals surface area contributed by atoms with Gasteiger partial charge in [-0.1, -0.05) is 68.8 Å². The number of hydrogen-bond acceptors (Lipinski definition) is 4. The Bertz CT molecular complexity index is 1500. The Labute approximate surface area is 215 Å². The van der Waals surface area contributed by atoms with E-state index in [1.165, 1.54) is 5.56 Å². The van der Waals surface area contributed by atoms with Gasteiger partial charge in [0.05, 0.1) is 24.1 Å². The van der Waals surface area contributed by atoms with Crippen LogP contribution < -0.4 is 10.2 Å². The van der Waals surface area contributed by atoms with Crippen LogP contribution >= 0.6 is 11.6 Å². The molecule has 6 heteroatoms. The predicted molar refractivity (Wildman–Crippen MR) is 142 cm³/mol. The number of benzene rings is 3. The number of halogens is 1. The summed E-state index contributed by atoms with van der Waals surface area (Å²) in [5.74, 6) is 0.604. The summed E-state index contributed by atoms with van der Waals surface area (Å²) in [7, 11) is 1.63. The number of carbonyl (C=O) groups is 1. The summed E-state index contributed by atoms with van der Waals surface area (Å²) in [6.45, 7) is 6.89. The lowest BCUT2D eigenvalue weighted by atomic mass is 9.86. The summed E-state index contributed by atoms with van der Waals surface area (Å²) in [6, 6.07) is 20.3. The first-order chi connectivity index (χ1) is 17.2. The van der Waals surface area contributed by atoms with Gasteiger partial charge in [-0.05, 0) is 58.9 Å². The van der Waals surface area contributed by atoms with Gasteiger partial charge in [0.15, 0.2) is 5.43 Å². The van der Waals surface area contributed by atoms with Gasteiger partial charge in [0.1, 0.15) is 11.3 Å². The Hall–Kier alpha value is -3.57. The van der Waals surface area contributed by atoms with Crippen LogP contribution in [0, 0.1) is 0 Å². The maximum Gasteiger partial charge on any atom is 0.290 e. The average molecular weight is 502 g/mol. The van der Waals surface area contributed by atoms with Crippen molar-refractivity contribution in [2.75, 3.05) is 13.7 Å². The standard InChI is InChI=1S/C30H28ClNO4/c1-30(2,3)20-9-7-19(8-10-20)26-25-27(33)23-17-21(31)11-14-24(23)36-28(25)29(34)32(26)16-15-18-5-12-22(35-4)13-6-18/h5-14,17,26H,15-16H2,1-4H3. The van der Waals surface area contributed by atoms with Crippen LogP contribution in [0.4, 0.5) is 0 Å². The third-order valence-electron chi connectivity index (χ3n) is 6.82. The highest BCUT2D eigenvalue weighted by molar-refractivity contribution is 6.31. The Morgan fingerprint density at radius 2 is 1.67 bits per heavy atom. The lowest BCUT2D eigenvalue weighted by Gasteiger charge is -2.26. The van der Waals surface area contributed by atoms with Gasteiger partial charge in [0.25, 0.3) is 5.91 Å². The molecule has 0 saturated carbocycles. The minimum atomic E-state index is -0.542. The van der Waals surface area contributed by atoms with E-state index in [0.29, 0.717) is 34.5 Å². The molecule has 1 aromatic heterocycles. The molecule has 5 nitrogen and oxygen atoms in total. The second kappa shape index (κ2) is 9.14. The zero-order chi connectivity index (χ0) is 25.6. The maximum atomic E-state index is 13.7. The zero-order valence-electron chi connectivity index (χ0n) is 20.8. The van der Waals surface area contributed by atoms with Gasteiger partial charge in [0, 0.05) is 11.6 Å². The number of amides is 1. The van der Waals surface area contributed by atoms with Gasteiger partial charge in [0.2, 0.25) is 5.76 Å². The fraction of sp³-hybridized carbons (Fsp3) is 0.267. The van der Waals surface area contributed by atoms with Gasteiger partial charge in [-0.25, -0.2) is 0 Å². The summed E-state index contributed by atoms with van der Waals surface area (Å²) in [6.07, 6.45) is 0.625. The van der Waals surface area contributed by atoms with E-state index in [1.807, 2.05) is 36.4 Å². The first-order valence-corrected chi connectivity index (χ1v) is 12.4. The van der Waals surface area contributed by atoms with E-state index in [0.717, 1.165) is 16.9 Å². The second-order valence-corrected chi connectivity index (χ2v) is 10.6. The second-order valence-electron chi connectivity index (χ2n) is 10.2. The van der Waals surface area contributed by atoms with E-state index in [2.05, 4.69) is 32.9 Å². The van der Waals surface area contributed by atoms with E-state index in [1.54, 1.807) is 30.2 Å². The van der Waals surface area contributed by atoms with Crippen molar-refractivity contribution >= 4 is 28.5 Å². The fourth-order valence-electron chi connectivity index (χ4n) is 4.78. The lowest BCUT2D eigenvalue weighted by molar-refractivity contribution is 0.0730. The molecule has 1 amide bonds. The Kier molecular flexibility index (Phi) is 6.13. The van der Waals surface area contributed by atoms with Crippen LogP contribution in [0.2, 0.25) is 5.02 Å². The molecule has 0 fully saturated rings. The molecule has 0 N–H and O–H groups in total. The van der Waals surface area contributed by atoms with Crippen molar-refractivity contribution in [3.05, 3.63) is 110 Å². The minimum Gasteiger partial charge on any atom is -0.497 e. The molecule has 1 aliphatic heterocycles. The van der Waals surface area contributed by atoms with Crippen LogP contribution in [-0.2, 0) is 11.8 Å². The van der Waals surface area contributed by atoms with Crippen LogP contribution in [-0.4, -0.2) is 24.5 Å². The summed E-state index contributed by atoms with van der Waals surface area (Å²) in [5, 5.41) is 0.823. The first kappa shape index (κ1) is 24.1. The molecule has 1 unspecified atom stereocenters. The monoisotopic (exact) mass is 501 g/mol. The van der Waals surface area contributed by atoms with E-state index >= 15 is 0 Å². The normalized spacial score (nSPS) is 15.4. The number of fused-ring (bicyclic) bond motifs is 2. The highest BCUT2D eigenvalue weighted by Gasteiger charge is 2.42. The largest absolute Gasteiger partial charge is 0.497 e. The summed E-state index contributed by atoms with van der Waals surface area (Å²) >= 11 is 6.18. The number of carbonyl (C=O) groups excluding carboxylic acids is 1. The smallest absolute Gasteiger partial charge is 0.290 e. The molecular weight excluding hydrogens is 474 g/mol. The van der Waals surface area contributed by atoms with Crippen molar-refractivity contribution in [3.63, 3.8) is 0 Å². The predicted octanol–water partition coefficient (Wildman–Crippen LogP) is 6.54. The van der Waals surface area contributed by atoms with E-state index < -0.39 is 6.04 Å². The molecule has 5 rings (SSSR count). The molecule has 0 spiro atoms. The van der Waals surface area contributed by atoms with Crippen molar-refractivity contribution in [1.29, 1.82) is 0 Å². The highest BCUT2D eigenvalue weighted by Crippen LogP contribution is 2.39. The molecule has 4 aromatic rings. The van der Waals surface area contributed by atoms with E-state index in [9.17, 15) is 9.59 Å². The number of methoxy groups -OCH3 is 1. The first-order valence-electron chi connectivity index (χ1n) is 12.0. The van der Waals surface area contributed by atoms with Crippen molar-refractivity contribution in [3.8, 4) is 5.75 Å². The molecule has 0 aliphatic carbocycles. The SMILES string of the molecule is COc1ccc(CCN2C(=O)c3oc4ccc(Cl)cc4c(=O)c3C2c2ccc(C(C)(C)C)cc2)cc1. The van der Waals surface area contributed by atoms with Crippen molar-refractivity contribution in [2.45, 2.75) is 38.6 Å². The third kappa shape index (κ3) is 4.28. The van der Waals surface area contributed by atoms with Crippen molar-refractivity contribution < 1.29 is 13.9 Å². The number of nitrogens with zero attached hydrogens (tertiary/aromatic N) is 1. The van der Waals surface area contributed by atoms with Crippen LogP contribution in [0.5, 0.6) is 5.75 Å². The van der Waals surface area contributed by atoms with Gasteiger partial charge >= 0.3 is 0 Å². The average Bonchev–Trinajstić information content (AvgIpc) is 3.14. The molecular formula is C30H28ClNO4. The highest BCUT2D eigenvalue weighted by atomic mass is 35.5. The minimum absolute atomic E-state index is 0.0119. The Morgan fingerprint density at radius 1 is 0.972 bits per heavy atom. The van der Waals surface area contributed by atoms with Crippen LogP contribution in [0.25, 0.3) is 11.0 Å². The number of rotatable bonds is 5. The number of ether oxygens (including phenoxy) is 1. The summed E-state index contributed by atoms with van der Waals surface area (Å²) in [4.78, 5) is 29.1. The molecule has 1 aliphatic rings. The Morgan fingerprint density at radius 3 is 2.31 bits per heavy atom. The molecule has 1 atom stereocenters. The molecule has 0 bridgehead atoms. The van der Waals surface area contributed by atoms with Crippen LogP contribution in [0.3, 0.4) is 0 Å².